The summed E-state index contributed by atoms with van der Waals surface area (Å²) in [6.07, 6.45) is 1.30. The molecule has 3 aromatic carbocycles. The van der Waals surface area contributed by atoms with Gasteiger partial charge in [-0.1, -0.05) is 89.2 Å². The van der Waals surface area contributed by atoms with E-state index in [1.807, 2.05) is 42.5 Å². The number of ketones is 1. The summed E-state index contributed by atoms with van der Waals surface area (Å²) in [6, 6.07) is 26.5. The molecule has 5 heteroatoms. The summed E-state index contributed by atoms with van der Waals surface area (Å²) < 4.78 is 0. The first kappa shape index (κ1) is 25.2. The number of benzene rings is 3. The third-order valence-electron chi connectivity index (χ3n) is 7.24. The lowest BCUT2D eigenvalue weighted by atomic mass is 9.73. The van der Waals surface area contributed by atoms with Gasteiger partial charge < -0.3 is 15.5 Å². The Labute approximate surface area is 225 Å². The van der Waals surface area contributed by atoms with E-state index >= 15 is 0 Å². The molecule has 190 valence electrons. The van der Waals surface area contributed by atoms with Crippen molar-refractivity contribution in [1.29, 1.82) is 0 Å². The quantitative estimate of drug-likeness (QED) is 0.343. The monoisotopic (exact) mass is 509 g/mol. The molecular weight excluding hydrogens is 474 g/mol. The first-order valence-electron chi connectivity index (χ1n) is 12.9. The van der Waals surface area contributed by atoms with Gasteiger partial charge in [-0.15, -0.1) is 0 Å². The molecular formula is C32H35N3OS. The highest BCUT2D eigenvalue weighted by Crippen LogP contribution is 2.48. The molecule has 0 aromatic heterocycles. The Hall–Kier alpha value is -3.44. The van der Waals surface area contributed by atoms with Crippen LogP contribution < -0.4 is 15.5 Å². The Morgan fingerprint density at radius 2 is 1.59 bits per heavy atom. The average Bonchev–Trinajstić information content (AvgIpc) is 2.98. The molecule has 0 amide bonds. The van der Waals surface area contributed by atoms with Crippen molar-refractivity contribution in [2.75, 3.05) is 15.5 Å². The highest BCUT2D eigenvalue weighted by Gasteiger charge is 2.42. The predicted molar refractivity (Wildman–Crippen MR) is 158 cm³/mol. The number of hydrogen-bond acceptors (Lipinski definition) is 3. The van der Waals surface area contributed by atoms with Gasteiger partial charge in [0.2, 0.25) is 0 Å². The van der Waals surface area contributed by atoms with Gasteiger partial charge in [-0.3, -0.25) is 4.79 Å². The first-order valence-corrected chi connectivity index (χ1v) is 13.3. The molecule has 4 nitrogen and oxygen atoms in total. The van der Waals surface area contributed by atoms with Crippen LogP contribution in [0.15, 0.2) is 90.1 Å². The molecule has 2 N–H and O–H groups in total. The van der Waals surface area contributed by atoms with Crippen LogP contribution in [0, 0.1) is 5.41 Å². The molecule has 0 spiro atoms. The summed E-state index contributed by atoms with van der Waals surface area (Å²) >= 11 is 6.09. The van der Waals surface area contributed by atoms with Crippen molar-refractivity contribution in [2.24, 2.45) is 5.41 Å². The summed E-state index contributed by atoms with van der Waals surface area (Å²) in [6.45, 7) is 11.0. The van der Waals surface area contributed by atoms with Crippen LogP contribution in [-0.2, 0) is 10.2 Å². The number of carbonyl (C=O) groups is 1. The molecule has 1 heterocycles. The smallest absolute Gasteiger partial charge is 0.178 e. The standard InChI is InChI=1S/C32H35N3OS/c1-31(2,3)22-17-15-21(16-18-22)29-28-25(19-32(4,5)20-27(28)36)34-24-13-9-10-14-26(24)35(29)30(37)33-23-11-7-6-8-12-23/h6-18,29,34H,19-20H2,1-5H3,(H,33,37)/t29-/m1/s1. The number of carbonyl (C=O) groups excluding carboxylic acids is 1. The van der Waals surface area contributed by atoms with Crippen LogP contribution >= 0.6 is 12.2 Å². The van der Waals surface area contributed by atoms with Crippen LogP contribution in [0.4, 0.5) is 17.1 Å². The molecule has 0 unspecified atom stereocenters. The van der Waals surface area contributed by atoms with Gasteiger partial charge in [0.1, 0.15) is 0 Å². The maximum Gasteiger partial charge on any atom is 0.178 e. The first-order chi connectivity index (χ1) is 17.5. The zero-order valence-corrected chi connectivity index (χ0v) is 23.1. The molecule has 1 aliphatic carbocycles. The topological polar surface area (TPSA) is 44.4 Å². The summed E-state index contributed by atoms with van der Waals surface area (Å²) in [5.74, 6) is 0.170. The Bertz CT molecular complexity index is 1370. The molecule has 1 aliphatic heterocycles. The number of rotatable bonds is 2. The number of fused-ring (bicyclic) bond motifs is 1. The van der Waals surface area contributed by atoms with Crippen LogP contribution in [-0.4, -0.2) is 10.9 Å². The average molecular weight is 510 g/mol. The van der Waals surface area contributed by atoms with E-state index in [1.54, 1.807) is 0 Å². The van der Waals surface area contributed by atoms with Gasteiger partial charge in [-0.25, -0.2) is 0 Å². The Kier molecular flexibility index (Phi) is 6.45. The van der Waals surface area contributed by atoms with Gasteiger partial charge in [-0.2, -0.15) is 0 Å². The van der Waals surface area contributed by atoms with Crippen LogP contribution in [0.25, 0.3) is 0 Å². The largest absolute Gasteiger partial charge is 0.357 e. The lowest BCUT2D eigenvalue weighted by Crippen LogP contribution is -2.41. The maximum atomic E-state index is 13.9. The van der Waals surface area contributed by atoms with Gasteiger partial charge in [0, 0.05) is 23.4 Å². The van der Waals surface area contributed by atoms with Crippen molar-refractivity contribution in [1.82, 2.24) is 0 Å². The Morgan fingerprint density at radius 1 is 0.946 bits per heavy atom. The molecule has 5 rings (SSSR count). The second kappa shape index (κ2) is 9.46. The molecule has 0 saturated carbocycles. The van der Waals surface area contributed by atoms with Crippen LogP contribution in [0.5, 0.6) is 0 Å². The highest BCUT2D eigenvalue weighted by molar-refractivity contribution is 7.80. The lowest BCUT2D eigenvalue weighted by molar-refractivity contribution is -0.118. The predicted octanol–water partition coefficient (Wildman–Crippen LogP) is 8.00. The Balaban J connectivity index is 1.71. The zero-order valence-electron chi connectivity index (χ0n) is 22.3. The van der Waals surface area contributed by atoms with Crippen molar-refractivity contribution in [3.05, 3.63) is 101 Å². The fourth-order valence-corrected chi connectivity index (χ4v) is 5.72. The molecule has 0 saturated heterocycles. The van der Waals surface area contributed by atoms with Crippen LogP contribution in [0.2, 0.25) is 0 Å². The van der Waals surface area contributed by atoms with Crippen molar-refractivity contribution in [2.45, 2.75) is 58.9 Å². The van der Waals surface area contributed by atoms with E-state index in [0.29, 0.717) is 11.5 Å². The molecule has 0 bridgehead atoms. The summed E-state index contributed by atoms with van der Waals surface area (Å²) in [5, 5.41) is 7.65. The van der Waals surface area contributed by atoms with E-state index in [2.05, 4.69) is 86.6 Å². The van der Waals surface area contributed by atoms with Crippen molar-refractivity contribution in [3.8, 4) is 0 Å². The minimum atomic E-state index is -0.354. The number of nitrogens with zero attached hydrogens (tertiary/aromatic N) is 1. The van der Waals surface area contributed by atoms with Crippen molar-refractivity contribution in [3.63, 3.8) is 0 Å². The second-order valence-electron chi connectivity index (χ2n) is 11.9. The molecule has 0 radical (unpaired) electrons. The summed E-state index contributed by atoms with van der Waals surface area (Å²) in [7, 11) is 0. The van der Waals surface area contributed by atoms with E-state index in [0.717, 1.165) is 40.3 Å². The number of nitrogens with one attached hydrogen (secondary N) is 2. The second-order valence-corrected chi connectivity index (χ2v) is 12.3. The van der Waals surface area contributed by atoms with E-state index in [-0.39, 0.29) is 22.7 Å². The van der Waals surface area contributed by atoms with Gasteiger partial charge in [0.05, 0.1) is 17.4 Å². The maximum absolute atomic E-state index is 13.9. The molecule has 2 aliphatic rings. The fraction of sp³-hybridized carbons (Fsp3) is 0.312. The molecule has 37 heavy (non-hydrogen) atoms. The number of allylic oxidation sites excluding steroid dienone is 1. The number of anilines is 3. The number of hydrogen-bond donors (Lipinski definition) is 2. The fourth-order valence-electron chi connectivity index (χ4n) is 5.40. The number of para-hydroxylation sites is 3. The lowest BCUT2D eigenvalue weighted by Gasteiger charge is -2.38. The Morgan fingerprint density at radius 3 is 2.27 bits per heavy atom. The van der Waals surface area contributed by atoms with E-state index in [4.69, 9.17) is 12.2 Å². The van der Waals surface area contributed by atoms with E-state index in [1.165, 1.54) is 5.56 Å². The minimum absolute atomic E-state index is 0.0368. The van der Waals surface area contributed by atoms with E-state index < -0.39 is 0 Å². The van der Waals surface area contributed by atoms with Crippen LogP contribution in [0.3, 0.4) is 0 Å². The van der Waals surface area contributed by atoms with Gasteiger partial charge in [0.15, 0.2) is 10.9 Å². The molecule has 3 aromatic rings. The normalized spacial score (nSPS) is 18.9. The number of Topliss-reactive ketones (excluding diaryl/α,β-unsaturated/α-hetero) is 1. The third kappa shape index (κ3) is 5.05. The molecule has 0 fully saturated rings. The van der Waals surface area contributed by atoms with Crippen molar-refractivity contribution >= 4 is 40.2 Å². The zero-order chi connectivity index (χ0) is 26.4. The van der Waals surface area contributed by atoms with Gasteiger partial charge in [-0.05, 0) is 64.9 Å². The summed E-state index contributed by atoms with van der Waals surface area (Å²) in [4.78, 5) is 16.0. The van der Waals surface area contributed by atoms with Gasteiger partial charge >= 0.3 is 0 Å². The van der Waals surface area contributed by atoms with Crippen LogP contribution in [0.1, 0.15) is 64.6 Å². The summed E-state index contributed by atoms with van der Waals surface area (Å²) in [5.41, 5.74) is 6.82. The van der Waals surface area contributed by atoms with E-state index in [9.17, 15) is 4.79 Å². The minimum Gasteiger partial charge on any atom is -0.357 e. The third-order valence-corrected chi connectivity index (χ3v) is 7.54. The van der Waals surface area contributed by atoms with Gasteiger partial charge in [0.25, 0.3) is 0 Å². The highest BCUT2D eigenvalue weighted by atomic mass is 32.1. The molecule has 1 atom stereocenters. The SMILES string of the molecule is CC1(C)CC(=O)C2=C(C1)Nc1ccccc1N(C(=S)Nc1ccccc1)[C@@H]2c1ccc(C(C)(C)C)cc1. The van der Waals surface area contributed by atoms with Crippen molar-refractivity contribution < 1.29 is 4.79 Å². The number of thiocarbonyl (C=S) groups is 1.